The van der Waals surface area contributed by atoms with E-state index in [2.05, 4.69) is 20.8 Å². The van der Waals surface area contributed by atoms with Crippen molar-refractivity contribution in [2.45, 2.75) is 19.4 Å². The Kier molecular flexibility index (Phi) is 4.61. The highest BCUT2D eigenvalue weighted by molar-refractivity contribution is 5.95. The van der Waals surface area contributed by atoms with Gasteiger partial charge >= 0.3 is 0 Å². The summed E-state index contributed by atoms with van der Waals surface area (Å²) in [5.41, 5.74) is 3.12. The minimum absolute atomic E-state index is 0.165. The zero-order valence-corrected chi connectivity index (χ0v) is 14.6. The van der Waals surface area contributed by atoms with E-state index in [-0.39, 0.29) is 11.8 Å². The summed E-state index contributed by atoms with van der Waals surface area (Å²) >= 11 is 0. The van der Waals surface area contributed by atoms with Crippen LogP contribution in [0, 0.1) is 0 Å². The number of carbonyl (C=O) groups is 2. The normalized spacial score (nSPS) is 13.8. The van der Waals surface area contributed by atoms with Gasteiger partial charge in [-0.2, -0.15) is 0 Å². The van der Waals surface area contributed by atoms with Gasteiger partial charge in [-0.05, 0) is 52.7 Å². The SMILES string of the molecule is O=C(NCc1ccc(N2CCCC2=O)cc1)c1cccc(-n2cnnn2)c1. The van der Waals surface area contributed by atoms with E-state index in [4.69, 9.17) is 0 Å². The van der Waals surface area contributed by atoms with Crippen LogP contribution in [0.15, 0.2) is 54.9 Å². The third-order valence-electron chi connectivity index (χ3n) is 4.50. The number of hydrogen-bond acceptors (Lipinski definition) is 5. The topological polar surface area (TPSA) is 93.0 Å². The molecule has 1 aromatic heterocycles. The van der Waals surface area contributed by atoms with Crippen LogP contribution in [0.2, 0.25) is 0 Å². The second kappa shape index (κ2) is 7.36. The molecule has 1 fully saturated rings. The van der Waals surface area contributed by atoms with Gasteiger partial charge in [0.25, 0.3) is 5.91 Å². The van der Waals surface area contributed by atoms with Crippen molar-refractivity contribution in [3.63, 3.8) is 0 Å². The molecule has 27 heavy (non-hydrogen) atoms. The quantitative estimate of drug-likeness (QED) is 0.746. The van der Waals surface area contributed by atoms with Gasteiger partial charge in [-0.25, -0.2) is 4.68 Å². The summed E-state index contributed by atoms with van der Waals surface area (Å²) in [7, 11) is 0. The first-order valence-corrected chi connectivity index (χ1v) is 8.72. The highest BCUT2D eigenvalue weighted by Crippen LogP contribution is 2.21. The summed E-state index contributed by atoms with van der Waals surface area (Å²) in [6, 6.07) is 14.8. The Hall–Kier alpha value is -3.55. The van der Waals surface area contributed by atoms with Gasteiger partial charge in [-0.1, -0.05) is 18.2 Å². The number of aromatic nitrogens is 4. The first-order valence-electron chi connectivity index (χ1n) is 8.72. The number of nitrogens with one attached hydrogen (secondary N) is 1. The van der Waals surface area contributed by atoms with Gasteiger partial charge in [-0.15, -0.1) is 5.10 Å². The number of hydrogen-bond donors (Lipinski definition) is 1. The van der Waals surface area contributed by atoms with Crippen molar-refractivity contribution in [3.8, 4) is 5.69 Å². The van der Waals surface area contributed by atoms with Crippen molar-refractivity contribution in [3.05, 3.63) is 66.0 Å². The predicted octanol–water partition coefficient (Wildman–Crippen LogP) is 1.72. The number of nitrogens with zero attached hydrogens (tertiary/aromatic N) is 5. The Morgan fingerprint density at radius 3 is 2.67 bits per heavy atom. The summed E-state index contributed by atoms with van der Waals surface area (Å²) in [5, 5.41) is 13.9. The van der Waals surface area contributed by atoms with Gasteiger partial charge in [0.2, 0.25) is 5.91 Å². The van der Waals surface area contributed by atoms with E-state index in [0.717, 1.165) is 24.2 Å². The van der Waals surface area contributed by atoms with Crippen molar-refractivity contribution >= 4 is 17.5 Å². The predicted molar refractivity (Wildman–Crippen MR) is 98.4 cm³/mol. The molecule has 8 heteroatoms. The summed E-state index contributed by atoms with van der Waals surface area (Å²) in [4.78, 5) is 26.0. The standard InChI is InChI=1S/C19H18N6O2/c26-18-5-2-10-24(18)16-8-6-14(7-9-16)12-20-19(27)15-3-1-4-17(11-15)25-13-21-22-23-25/h1,3-4,6-9,11,13H,2,5,10,12H2,(H,20,27). The molecule has 2 heterocycles. The van der Waals surface area contributed by atoms with Gasteiger partial charge in [0.05, 0.1) is 5.69 Å². The molecule has 1 saturated heterocycles. The third kappa shape index (κ3) is 3.69. The fraction of sp³-hybridized carbons (Fsp3) is 0.211. The fourth-order valence-corrected chi connectivity index (χ4v) is 3.07. The molecule has 0 bridgehead atoms. The van der Waals surface area contributed by atoms with Crippen molar-refractivity contribution < 1.29 is 9.59 Å². The molecule has 2 amide bonds. The molecular formula is C19H18N6O2. The molecule has 0 saturated carbocycles. The van der Waals surface area contributed by atoms with E-state index in [1.807, 2.05) is 30.3 Å². The minimum atomic E-state index is -0.177. The lowest BCUT2D eigenvalue weighted by atomic mass is 10.1. The molecule has 0 atom stereocenters. The van der Waals surface area contributed by atoms with Crippen molar-refractivity contribution in [1.29, 1.82) is 0 Å². The lowest BCUT2D eigenvalue weighted by Crippen LogP contribution is -2.24. The molecule has 4 rings (SSSR count). The van der Waals surface area contributed by atoms with Crippen molar-refractivity contribution in [1.82, 2.24) is 25.5 Å². The Morgan fingerprint density at radius 1 is 1.11 bits per heavy atom. The van der Waals surface area contributed by atoms with Crippen LogP contribution in [-0.4, -0.2) is 38.6 Å². The number of benzene rings is 2. The first-order chi connectivity index (χ1) is 13.2. The maximum Gasteiger partial charge on any atom is 0.251 e. The second-order valence-corrected chi connectivity index (χ2v) is 6.30. The monoisotopic (exact) mass is 362 g/mol. The van der Waals surface area contributed by atoms with Crippen LogP contribution in [0.4, 0.5) is 5.69 Å². The van der Waals surface area contributed by atoms with Crippen LogP contribution in [0.1, 0.15) is 28.8 Å². The van der Waals surface area contributed by atoms with E-state index in [9.17, 15) is 9.59 Å². The molecule has 1 aliphatic rings. The molecule has 3 aromatic rings. The zero-order chi connectivity index (χ0) is 18.6. The van der Waals surface area contributed by atoms with Gasteiger partial charge in [0, 0.05) is 30.8 Å². The van der Waals surface area contributed by atoms with Crippen LogP contribution >= 0.6 is 0 Å². The number of carbonyl (C=O) groups excluding carboxylic acids is 2. The molecule has 1 N–H and O–H groups in total. The average Bonchev–Trinajstić information content (AvgIpc) is 3.38. The van der Waals surface area contributed by atoms with Crippen molar-refractivity contribution in [2.24, 2.45) is 0 Å². The molecule has 0 aliphatic carbocycles. The Morgan fingerprint density at radius 2 is 1.96 bits per heavy atom. The van der Waals surface area contributed by atoms with E-state index in [1.165, 1.54) is 11.0 Å². The Balaban J connectivity index is 1.39. The summed E-state index contributed by atoms with van der Waals surface area (Å²) in [6.07, 6.45) is 2.99. The van der Waals surface area contributed by atoms with E-state index in [1.54, 1.807) is 23.1 Å². The Labute approximate surface area is 155 Å². The largest absolute Gasteiger partial charge is 0.348 e. The summed E-state index contributed by atoms with van der Waals surface area (Å²) in [6.45, 7) is 1.18. The molecule has 136 valence electrons. The zero-order valence-electron chi connectivity index (χ0n) is 14.6. The lowest BCUT2D eigenvalue weighted by molar-refractivity contribution is -0.117. The molecule has 2 aromatic carbocycles. The maximum absolute atomic E-state index is 12.4. The third-order valence-corrected chi connectivity index (χ3v) is 4.50. The smallest absolute Gasteiger partial charge is 0.251 e. The van der Waals surface area contributed by atoms with E-state index in [0.29, 0.717) is 24.2 Å². The van der Waals surface area contributed by atoms with Gasteiger partial charge < -0.3 is 10.2 Å². The number of anilines is 1. The number of rotatable bonds is 5. The average molecular weight is 362 g/mol. The Bertz CT molecular complexity index is 953. The van der Waals surface area contributed by atoms with Crippen LogP contribution in [0.25, 0.3) is 5.69 Å². The fourth-order valence-electron chi connectivity index (χ4n) is 3.07. The minimum Gasteiger partial charge on any atom is -0.348 e. The molecule has 0 radical (unpaired) electrons. The summed E-state index contributed by atoms with van der Waals surface area (Å²) < 4.78 is 1.50. The van der Waals surface area contributed by atoms with Crippen molar-refractivity contribution in [2.75, 3.05) is 11.4 Å². The van der Waals surface area contributed by atoms with E-state index < -0.39 is 0 Å². The van der Waals surface area contributed by atoms with Crippen LogP contribution < -0.4 is 10.2 Å². The maximum atomic E-state index is 12.4. The lowest BCUT2D eigenvalue weighted by Gasteiger charge is -2.16. The van der Waals surface area contributed by atoms with Gasteiger partial charge in [0.1, 0.15) is 6.33 Å². The molecule has 0 spiro atoms. The van der Waals surface area contributed by atoms with Crippen LogP contribution in [0.5, 0.6) is 0 Å². The number of amides is 2. The van der Waals surface area contributed by atoms with Crippen LogP contribution in [-0.2, 0) is 11.3 Å². The summed E-state index contributed by atoms with van der Waals surface area (Å²) in [5.74, 6) is -0.0118. The molecule has 8 nitrogen and oxygen atoms in total. The number of tetrazole rings is 1. The van der Waals surface area contributed by atoms with Gasteiger partial charge in [-0.3, -0.25) is 9.59 Å². The molecule has 0 unspecified atom stereocenters. The molecular weight excluding hydrogens is 344 g/mol. The molecule has 1 aliphatic heterocycles. The second-order valence-electron chi connectivity index (χ2n) is 6.30. The first kappa shape index (κ1) is 16.9. The van der Waals surface area contributed by atoms with Crippen LogP contribution in [0.3, 0.4) is 0 Å². The highest BCUT2D eigenvalue weighted by Gasteiger charge is 2.21. The highest BCUT2D eigenvalue weighted by atomic mass is 16.2. The van der Waals surface area contributed by atoms with E-state index >= 15 is 0 Å². The van der Waals surface area contributed by atoms with Gasteiger partial charge in [0.15, 0.2) is 0 Å².